The number of halogens is 1. The number of hydrogen-bond donors (Lipinski definition) is 2. The van der Waals surface area contributed by atoms with E-state index in [1.54, 1.807) is 0 Å². The maximum Gasteiger partial charge on any atom is 0.155 e. The van der Waals surface area contributed by atoms with Crippen molar-refractivity contribution in [1.82, 2.24) is 10.2 Å². The third kappa shape index (κ3) is 4.10. The van der Waals surface area contributed by atoms with Crippen LogP contribution in [0.25, 0.3) is 0 Å². The maximum atomic E-state index is 8.87. The van der Waals surface area contributed by atoms with E-state index in [2.05, 4.69) is 29.4 Å². The minimum Gasteiger partial charge on any atom is -0.396 e. The van der Waals surface area contributed by atoms with Crippen molar-refractivity contribution in [3.63, 3.8) is 0 Å². The number of hydrogen-bond acceptors (Lipinski definition) is 4. The molecule has 0 radical (unpaired) electrons. The average molecular weight is 272 g/mol. The summed E-state index contributed by atoms with van der Waals surface area (Å²) in [6.45, 7) is 9.29. The highest BCUT2D eigenvalue weighted by atomic mass is 35.5. The summed E-state index contributed by atoms with van der Waals surface area (Å²) in [5, 5.41) is 20.6. The van der Waals surface area contributed by atoms with E-state index >= 15 is 0 Å². The smallest absolute Gasteiger partial charge is 0.155 e. The summed E-state index contributed by atoms with van der Waals surface area (Å²) in [6, 6.07) is 0. The number of rotatable bonds is 6. The van der Waals surface area contributed by atoms with E-state index in [0.717, 1.165) is 36.3 Å². The van der Waals surface area contributed by atoms with Crippen LogP contribution in [0.2, 0.25) is 5.15 Å². The van der Waals surface area contributed by atoms with Crippen LogP contribution < -0.4 is 5.32 Å². The van der Waals surface area contributed by atoms with Gasteiger partial charge in [0.15, 0.2) is 11.0 Å². The minimum atomic E-state index is 0.115. The fraction of sp³-hybridized carbons (Fsp3) is 0.692. The Bertz CT molecular complexity index is 407. The monoisotopic (exact) mass is 271 g/mol. The molecule has 0 unspecified atom stereocenters. The molecule has 0 amide bonds. The maximum absolute atomic E-state index is 8.87. The van der Waals surface area contributed by atoms with E-state index in [0.29, 0.717) is 5.15 Å². The van der Waals surface area contributed by atoms with Crippen LogP contribution in [0.15, 0.2) is 0 Å². The molecule has 0 saturated heterocycles. The van der Waals surface area contributed by atoms with Gasteiger partial charge in [0.25, 0.3) is 0 Å². The Hall–Kier alpha value is -0.870. The van der Waals surface area contributed by atoms with E-state index in [-0.39, 0.29) is 12.0 Å². The molecule has 2 N–H and O–H groups in total. The summed E-state index contributed by atoms with van der Waals surface area (Å²) in [7, 11) is 0. The molecule has 0 aromatic carbocycles. The Morgan fingerprint density at radius 1 is 1.22 bits per heavy atom. The zero-order valence-corrected chi connectivity index (χ0v) is 12.3. The summed E-state index contributed by atoms with van der Waals surface area (Å²) >= 11 is 5.92. The lowest BCUT2D eigenvalue weighted by molar-refractivity contribution is 0.248. The third-order valence-corrected chi connectivity index (χ3v) is 3.57. The molecule has 18 heavy (non-hydrogen) atoms. The number of aliphatic hydroxyl groups excluding tert-OH is 1. The van der Waals surface area contributed by atoms with Gasteiger partial charge in [-0.05, 0) is 43.2 Å². The second-order valence-electron chi connectivity index (χ2n) is 5.43. The van der Waals surface area contributed by atoms with Crippen molar-refractivity contribution >= 4 is 17.4 Å². The molecule has 0 spiro atoms. The van der Waals surface area contributed by atoms with Gasteiger partial charge in [-0.2, -0.15) is 0 Å². The first-order valence-electron chi connectivity index (χ1n) is 6.21. The number of nitrogens with one attached hydrogen (secondary N) is 1. The minimum absolute atomic E-state index is 0.115. The van der Waals surface area contributed by atoms with Gasteiger partial charge in [-0.1, -0.05) is 25.4 Å². The average Bonchev–Trinajstić information content (AvgIpc) is 2.33. The molecule has 5 heteroatoms. The Labute approximate surface area is 114 Å². The van der Waals surface area contributed by atoms with Crippen LogP contribution in [0.3, 0.4) is 0 Å². The molecular weight excluding hydrogens is 250 g/mol. The van der Waals surface area contributed by atoms with E-state index in [9.17, 15) is 0 Å². The lowest BCUT2D eigenvalue weighted by Gasteiger charge is -2.25. The highest BCUT2D eigenvalue weighted by molar-refractivity contribution is 6.30. The van der Waals surface area contributed by atoms with Crippen molar-refractivity contribution in [2.75, 3.05) is 18.5 Å². The van der Waals surface area contributed by atoms with E-state index in [1.807, 2.05) is 13.8 Å². The van der Waals surface area contributed by atoms with Crippen LogP contribution in [-0.2, 0) is 0 Å². The van der Waals surface area contributed by atoms with Gasteiger partial charge >= 0.3 is 0 Å². The molecule has 102 valence electrons. The fourth-order valence-electron chi connectivity index (χ4n) is 1.71. The van der Waals surface area contributed by atoms with Crippen molar-refractivity contribution in [3.8, 4) is 0 Å². The number of nitrogens with zero attached hydrogens (tertiary/aromatic N) is 2. The van der Waals surface area contributed by atoms with Gasteiger partial charge in [-0.3, -0.25) is 0 Å². The zero-order valence-electron chi connectivity index (χ0n) is 11.5. The molecule has 1 rings (SSSR count). The molecule has 0 aliphatic rings. The molecule has 4 nitrogen and oxygen atoms in total. The number of aromatic nitrogens is 2. The summed E-state index contributed by atoms with van der Waals surface area (Å²) < 4.78 is 0. The zero-order chi connectivity index (χ0) is 13.8. The Morgan fingerprint density at radius 2 is 1.89 bits per heavy atom. The van der Waals surface area contributed by atoms with Gasteiger partial charge in [-0.15, -0.1) is 10.2 Å². The quantitative estimate of drug-likeness (QED) is 0.835. The fourth-order valence-corrected chi connectivity index (χ4v) is 1.89. The Morgan fingerprint density at radius 3 is 2.50 bits per heavy atom. The molecule has 0 aliphatic carbocycles. The van der Waals surface area contributed by atoms with Crippen LogP contribution in [0.5, 0.6) is 0 Å². The first kappa shape index (κ1) is 15.2. The van der Waals surface area contributed by atoms with Gasteiger partial charge in [-0.25, -0.2) is 0 Å². The second-order valence-corrected chi connectivity index (χ2v) is 5.79. The largest absolute Gasteiger partial charge is 0.396 e. The first-order valence-corrected chi connectivity index (χ1v) is 6.59. The Balaban J connectivity index is 2.66. The SMILES string of the molecule is Cc1c(Cl)nnc(NCC(C)(C)CCCO)c1C. The van der Waals surface area contributed by atoms with Crippen LogP contribution in [0.1, 0.15) is 37.8 Å². The molecule has 1 heterocycles. The van der Waals surface area contributed by atoms with Crippen LogP contribution in [-0.4, -0.2) is 28.5 Å². The topological polar surface area (TPSA) is 58.0 Å². The number of aliphatic hydroxyl groups is 1. The van der Waals surface area contributed by atoms with Crippen molar-refractivity contribution in [1.29, 1.82) is 0 Å². The molecule has 0 aliphatic heterocycles. The number of anilines is 1. The predicted molar refractivity (Wildman–Crippen MR) is 75.1 cm³/mol. The van der Waals surface area contributed by atoms with Crippen molar-refractivity contribution in [2.45, 2.75) is 40.5 Å². The summed E-state index contributed by atoms with van der Waals surface area (Å²) in [6.07, 6.45) is 1.79. The van der Waals surface area contributed by atoms with Gasteiger partial charge in [0, 0.05) is 13.2 Å². The van der Waals surface area contributed by atoms with E-state index in [1.165, 1.54) is 0 Å². The normalized spacial score (nSPS) is 11.7. The van der Waals surface area contributed by atoms with E-state index in [4.69, 9.17) is 16.7 Å². The highest BCUT2D eigenvalue weighted by Gasteiger charge is 2.18. The molecule has 0 saturated carbocycles. The van der Waals surface area contributed by atoms with Crippen LogP contribution in [0.4, 0.5) is 5.82 Å². The summed E-state index contributed by atoms with van der Waals surface area (Å²) in [5.41, 5.74) is 2.11. The van der Waals surface area contributed by atoms with E-state index < -0.39 is 0 Å². The molecule has 0 bridgehead atoms. The van der Waals surface area contributed by atoms with Crippen molar-refractivity contribution < 1.29 is 5.11 Å². The molecule has 0 fully saturated rings. The Kier molecular flexibility index (Phi) is 5.35. The molecule has 1 aromatic heterocycles. The van der Waals surface area contributed by atoms with Gasteiger partial charge in [0.05, 0.1) is 0 Å². The van der Waals surface area contributed by atoms with Crippen molar-refractivity contribution in [3.05, 3.63) is 16.3 Å². The van der Waals surface area contributed by atoms with Crippen LogP contribution in [0, 0.1) is 19.3 Å². The van der Waals surface area contributed by atoms with Crippen molar-refractivity contribution in [2.24, 2.45) is 5.41 Å². The predicted octanol–water partition coefficient (Wildman–Crippen LogP) is 2.96. The first-order chi connectivity index (χ1) is 8.37. The molecule has 1 aromatic rings. The second kappa shape index (κ2) is 6.34. The lowest BCUT2D eigenvalue weighted by atomic mass is 9.88. The molecular formula is C13H22ClN3O. The highest BCUT2D eigenvalue weighted by Crippen LogP contribution is 2.25. The summed E-state index contributed by atoms with van der Waals surface area (Å²) in [4.78, 5) is 0. The van der Waals surface area contributed by atoms with Gasteiger partial charge < -0.3 is 10.4 Å². The summed E-state index contributed by atoms with van der Waals surface area (Å²) in [5.74, 6) is 0.786. The van der Waals surface area contributed by atoms with Gasteiger partial charge in [0.2, 0.25) is 0 Å². The van der Waals surface area contributed by atoms with Crippen LogP contribution >= 0.6 is 11.6 Å². The lowest BCUT2D eigenvalue weighted by Crippen LogP contribution is -2.24. The molecule has 0 atom stereocenters. The third-order valence-electron chi connectivity index (χ3n) is 3.21. The van der Waals surface area contributed by atoms with Gasteiger partial charge in [0.1, 0.15) is 0 Å². The standard InChI is InChI=1S/C13H22ClN3O/c1-9-10(2)12(17-16-11(9)14)15-8-13(3,4)6-5-7-18/h18H,5-8H2,1-4H3,(H,15,17).